The largest absolute Gasteiger partial charge is 0.311 e. The summed E-state index contributed by atoms with van der Waals surface area (Å²) in [5.41, 5.74) is 26.2. The fraction of sp³-hybridized carbons (Fsp3) is 0.0851. The highest BCUT2D eigenvalue weighted by atomic mass is 15.2. The van der Waals surface area contributed by atoms with Gasteiger partial charge >= 0.3 is 0 Å². The number of hydrogen-bond donors (Lipinski definition) is 0. The van der Waals surface area contributed by atoms with Crippen molar-refractivity contribution in [1.29, 1.82) is 0 Å². The Hall–Kier alpha value is -11.9. The van der Waals surface area contributed by atoms with E-state index in [9.17, 15) is 0 Å². The topological polar surface area (TPSA) is 32.3 Å². The maximum absolute atomic E-state index is 5.94. The molecule has 0 fully saturated rings. The molecule has 18 rings (SSSR count). The van der Waals surface area contributed by atoms with Gasteiger partial charge in [0.2, 0.25) is 0 Å². The smallest absolute Gasteiger partial charge is 0.252 e. The monoisotopic (exact) mass is 1270 g/mol. The van der Waals surface area contributed by atoms with Gasteiger partial charge in [-0.05, 0) is 241 Å². The molecule has 99 heavy (non-hydrogen) atoms. The number of rotatable bonds is 9. The van der Waals surface area contributed by atoms with Gasteiger partial charge in [0.05, 0.1) is 11.4 Å². The number of aromatic nitrogens is 2. The Morgan fingerprint density at radius 1 is 0.242 bits per heavy atom. The summed E-state index contributed by atoms with van der Waals surface area (Å²) in [6.45, 7) is 13.6. The molecule has 0 saturated heterocycles. The summed E-state index contributed by atoms with van der Waals surface area (Å²) < 4.78 is 0. The normalized spacial score (nSPS) is 12.7. The number of fused-ring (bicyclic) bond motifs is 8. The van der Waals surface area contributed by atoms with Gasteiger partial charge in [-0.25, -0.2) is 9.97 Å². The van der Waals surface area contributed by atoms with E-state index < -0.39 is 0 Å². The minimum absolute atomic E-state index is 0.0639. The van der Waals surface area contributed by atoms with Crippen molar-refractivity contribution in [2.75, 3.05) is 9.80 Å². The van der Waals surface area contributed by atoms with Crippen LogP contribution in [0.25, 0.3) is 122 Å². The molecule has 0 aliphatic carbocycles. The summed E-state index contributed by atoms with van der Waals surface area (Å²) in [5, 5.41) is 9.66. The molecule has 2 aliphatic rings. The first kappa shape index (κ1) is 59.6. The minimum Gasteiger partial charge on any atom is -0.311 e. The van der Waals surface area contributed by atoms with Gasteiger partial charge < -0.3 is 9.80 Å². The molecular formula is C94H71BN4. The first-order valence-electron chi connectivity index (χ1n) is 34.6. The van der Waals surface area contributed by atoms with Gasteiger partial charge in [-0.1, -0.05) is 248 Å². The van der Waals surface area contributed by atoms with E-state index in [4.69, 9.17) is 9.97 Å². The molecule has 0 atom stereocenters. The summed E-state index contributed by atoms with van der Waals surface area (Å²) in [4.78, 5) is 17.0. The van der Waals surface area contributed by atoms with E-state index in [0.29, 0.717) is 5.82 Å². The van der Waals surface area contributed by atoms with E-state index in [1.54, 1.807) is 0 Å². The molecule has 0 amide bonds. The zero-order valence-electron chi connectivity index (χ0n) is 56.5. The lowest BCUT2D eigenvalue weighted by Gasteiger charge is -2.44. The number of anilines is 6. The average molecular weight is 1270 g/mol. The van der Waals surface area contributed by atoms with Gasteiger partial charge in [0.25, 0.3) is 6.71 Å². The van der Waals surface area contributed by atoms with Crippen molar-refractivity contribution in [3.63, 3.8) is 0 Å². The van der Waals surface area contributed by atoms with Crippen molar-refractivity contribution < 1.29 is 0 Å². The van der Waals surface area contributed by atoms with Crippen LogP contribution in [0.4, 0.5) is 34.1 Å². The van der Waals surface area contributed by atoms with Gasteiger partial charge in [-0.15, -0.1) is 0 Å². The maximum Gasteiger partial charge on any atom is 0.252 e. The molecule has 4 nitrogen and oxygen atoms in total. The van der Waals surface area contributed by atoms with Crippen molar-refractivity contribution in [2.45, 2.75) is 52.4 Å². The average Bonchev–Trinajstić information content (AvgIpc) is 0.690. The van der Waals surface area contributed by atoms with Crippen LogP contribution in [-0.2, 0) is 10.8 Å². The highest BCUT2D eigenvalue weighted by Crippen LogP contribution is 2.49. The second kappa shape index (κ2) is 23.4. The molecule has 16 aromatic rings. The molecule has 15 aromatic carbocycles. The molecule has 2 aliphatic heterocycles. The molecule has 470 valence electrons. The zero-order chi connectivity index (χ0) is 66.7. The van der Waals surface area contributed by atoms with Crippen molar-refractivity contribution in [1.82, 2.24) is 9.97 Å². The molecule has 0 N–H and O–H groups in total. The maximum atomic E-state index is 5.94. The van der Waals surface area contributed by atoms with E-state index >= 15 is 0 Å². The van der Waals surface area contributed by atoms with Crippen LogP contribution in [0.2, 0.25) is 0 Å². The van der Waals surface area contributed by atoms with Crippen LogP contribution in [0.1, 0.15) is 52.7 Å². The zero-order valence-corrected chi connectivity index (χ0v) is 56.5. The fourth-order valence-electron chi connectivity index (χ4n) is 15.4. The summed E-state index contributed by atoms with van der Waals surface area (Å²) in [7, 11) is 0. The van der Waals surface area contributed by atoms with Crippen LogP contribution < -0.4 is 26.2 Å². The third-order valence-corrected chi connectivity index (χ3v) is 20.6. The molecule has 0 unspecified atom stereocenters. The van der Waals surface area contributed by atoms with Crippen LogP contribution in [0.5, 0.6) is 0 Å². The number of hydrogen-bond acceptors (Lipinski definition) is 4. The predicted molar refractivity (Wildman–Crippen MR) is 422 cm³/mol. The molecule has 1 aromatic heterocycles. The quantitative estimate of drug-likeness (QED) is 0.106. The predicted octanol–water partition coefficient (Wildman–Crippen LogP) is 23.4. The second-order valence-corrected chi connectivity index (χ2v) is 29.1. The third kappa shape index (κ3) is 10.7. The lowest BCUT2D eigenvalue weighted by molar-refractivity contribution is 0.590. The molecule has 0 saturated carbocycles. The Morgan fingerprint density at radius 2 is 0.545 bits per heavy atom. The van der Waals surface area contributed by atoms with Gasteiger partial charge in [0.15, 0.2) is 5.82 Å². The van der Waals surface area contributed by atoms with E-state index in [2.05, 4.69) is 373 Å². The fourth-order valence-corrected chi connectivity index (χ4v) is 15.4. The highest BCUT2D eigenvalue weighted by Gasteiger charge is 2.44. The number of benzene rings is 15. The molecule has 0 bridgehead atoms. The van der Waals surface area contributed by atoms with Gasteiger partial charge in [0, 0.05) is 50.8 Å². The Morgan fingerprint density at radius 3 is 0.869 bits per heavy atom. The summed E-state index contributed by atoms with van der Waals surface area (Å²) in [5.74, 6) is 0.619. The van der Waals surface area contributed by atoms with Crippen LogP contribution >= 0.6 is 0 Å². The summed E-state index contributed by atoms with van der Waals surface area (Å²) in [6.07, 6.45) is 0. The SMILES string of the molecule is CC(C)(C)c1ccc(N2c3cc4cc5ccccc5cc4cc3B3c4cc5cc6ccccc6cc5cc4N(c4ccc(C(C)(C)C)cc4)c4cc(-c5nc(-c6cc(-c7ccccc7)cc(-c7ccccc7)c6)cc(-c6cc(-c7ccccc7)cc(-c7ccccc7)c6)n5)cc2c43)cc1. The van der Waals surface area contributed by atoms with Crippen molar-refractivity contribution >= 4 is 100 Å². The van der Waals surface area contributed by atoms with Crippen molar-refractivity contribution in [3.05, 3.63) is 333 Å². The van der Waals surface area contributed by atoms with Crippen molar-refractivity contribution in [3.8, 4) is 78.4 Å². The Kier molecular flexibility index (Phi) is 14.1. The van der Waals surface area contributed by atoms with Crippen LogP contribution in [0, 0.1) is 0 Å². The lowest BCUT2D eigenvalue weighted by Crippen LogP contribution is -2.61. The lowest BCUT2D eigenvalue weighted by atomic mass is 9.33. The Balaban J connectivity index is 0.967. The van der Waals surface area contributed by atoms with Crippen LogP contribution in [0.15, 0.2) is 322 Å². The van der Waals surface area contributed by atoms with Crippen molar-refractivity contribution in [2.24, 2.45) is 0 Å². The highest BCUT2D eigenvalue weighted by molar-refractivity contribution is 7.00. The molecule has 0 spiro atoms. The van der Waals surface area contributed by atoms with Gasteiger partial charge in [-0.3, -0.25) is 0 Å². The van der Waals surface area contributed by atoms with E-state index in [0.717, 1.165) is 107 Å². The molecule has 3 heterocycles. The molecular weight excluding hydrogens is 1200 g/mol. The van der Waals surface area contributed by atoms with Crippen LogP contribution in [-0.4, -0.2) is 16.7 Å². The van der Waals surface area contributed by atoms with Gasteiger partial charge in [-0.2, -0.15) is 0 Å². The second-order valence-electron chi connectivity index (χ2n) is 29.1. The van der Waals surface area contributed by atoms with E-state index in [-0.39, 0.29) is 17.5 Å². The summed E-state index contributed by atoms with van der Waals surface area (Å²) >= 11 is 0. The van der Waals surface area contributed by atoms with E-state index in [1.165, 1.54) is 70.6 Å². The first-order chi connectivity index (χ1) is 48.3. The standard InChI is InChI=1S/C94H71BN4/c1-93(2,3)79-35-39-81(40-36-79)98-87-55-74-45-66-33-21-19-31-64(66)43-72(74)53-83(87)95-84-54-73-44-65-32-20-22-34-67(65)46-75(73)56-88(84)99(82-41-37-80(38-42-82)94(4,5)6)90-58-78(57-89(98)91(90)95)92-96-85(76-49-68(60-23-11-7-12-24-60)47-69(50-76)61-25-13-8-14-26-61)59-86(97-92)77-51-70(62-27-15-9-16-28-62)48-71(52-77)63-29-17-10-18-30-63/h7-59H,1-6H3. The van der Waals surface area contributed by atoms with Crippen LogP contribution in [0.3, 0.4) is 0 Å². The molecule has 0 radical (unpaired) electrons. The third-order valence-electron chi connectivity index (χ3n) is 20.6. The Bertz CT molecular complexity index is 5390. The number of nitrogens with zero attached hydrogens (tertiary/aromatic N) is 4. The minimum atomic E-state index is -0.187. The van der Waals surface area contributed by atoms with E-state index in [1.807, 2.05) is 0 Å². The molecule has 5 heteroatoms. The summed E-state index contributed by atoms with van der Waals surface area (Å²) in [6, 6.07) is 120. The van der Waals surface area contributed by atoms with Gasteiger partial charge in [0.1, 0.15) is 0 Å². The Labute approximate surface area is 579 Å². The first-order valence-corrected chi connectivity index (χ1v) is 34.6.